The molecule has 1 heterocycles. The SMILES string of the molecule is Cc1nn(CCC#N)c(C)c1CCC(=O)Nc1ccc(NCc2ccccc2)c(Cl)c1. The summed E-state index contributed by atoms with van der Waals surface area (Å²) >= 11 is 6.39. The predicted octanol–water partition coefficient (Wildman–Crippen LogP) is 5.25. The number of carbonyl (C=O) groups is 1. The first-order valence-electron chi connectivity index (χ1n) is 10.2. The molecule has 1 aromatic heterocycles. The fourth-order valence-corrected chi connectivity index (χ4v) is 3.71. The average Bonchev–Trinajstić information content (AvgIpc) is 3.03. The average molecular weight is 436 g/mol. The first-order valence-corrected chi connectivity index (χ1v) is 10.6. The van der Waals surface area contributed by atoms with Gasteiger partial charge in [0.15, 0.2) is 0 Å². The number of anilines is 2. The van der Waals surface area contributed by atoms with Gasteiger partial charge >= 0.3 is 0 Å². The Hall–Kier alpha value is -3.30. The molecule has 160 valence electrons. The smallest absolute Gasteiger partial charge is 0.224 e. The number of aromatic nitrogens is 2. The molecule has 31 heavy (non-hydrogen) atoms. The molecule has 0 saturated carbocycles. The van der Waals surface area contributed by atoms with Crippen molar-refractivity contribution in [3.63, 3.8) is 0 Å². The van der Waals surface area contributed by atoms with Crippen molar-refractivity contribution < 1.29 is 4.79 Å². The molecule has 0 bridgehead atoms. The normalized spacial score (nSPS) is 10.5. The van der Waals surface area contributed by atoms with E-state index >= 15 is 0 Å². The number of amides is 1. The van der Waals surface area contributed by atoms with E-state index in [1.807, 2.05) is 61.0 Å². The van der Waals surface area contributed by atoms with E-state index in [0.29, 0.717) is 43.1 Å². The third-order valence-corrected chi connectivity index (χ3v) is 5.46. The molecular weight excluding hydrogens is 410 g/mol. The van der Waals surface area contributed by atoms with E-state index in [-0.39, 0.29) is 5.91 Å². The molecule has 2 aromatic carbocycles. The highest BCUT2D eigenvalue weighted by Gasteiger charge is 2.13. The second kappa shape index (κ2) is 10.6. The molecule has 3 aromatic rings. The van der Waals surface area contributed by atoms with Crippen LogP contribution in [0.2, 0.25) is 5.02 Å². The summed E-state index contributed by atoms with van der Waals surface area (Å²) in [6.45, 7) is 5.15. The van der Waals surface area contributed by atoms with Gasteiger partial charge < -0.3 is 10.6 Å². The summed E-state index contributed by atoms with van der Waals surface area (Å²) in [7, 11) is 0. The van der Waals surface area contributed by atoms with Gasteiger partial charge in [0, 0.05) is 24.3 Å². The quantitative estimate of drug-likeness (QED) is 0.480. The Kier molecular flexibility index (Phi) is 7.69. The maximum atomic E-state index is 12.5. The fraction of sp³-hybridized carbons (Fsp3) is 0.292. The van der Waals surface area contributed by atoms with E-state index in [4.69, 9.17) is 16.9 Å². The van der Waals surface area contributed by atoms with E-state index in [1.165, 1.54) is 0 Å². The highest BCUT2D eigenvalue weighted by Crippen LogP contribution is 2.26. The highest BCUT2D eigenvalue weighted by molar-refractivity contribution is 6.33. The molecule has 0 aliphatic carbocycles. The standard InChI is InChI=1S/C24H26ClN5O/c1-17-21(18(2)30(29-17)14-6-13-26)10-12-24(31)28-20-9-11-23(22(25)15-20)27-16-19-7-4-3-5-8-19/h3-5,7-9,11,15,27H,6,10,12,14,16H2,1-2H3,(H,28,31). The van der Waals surface area contributed by atoms with Gasteiger partial charge in [0.2, 0.25) is 5.91 Å². The van der Waals surface area contributed by atoms with Crippen molar-refractivity contribution in [2.24, 2.45) is 0 Å². The maximum Gasteiger partial charge on any atom is 0.224 e. The van der Waals surface area contributed by atoms with Crippen LogP contribution in [0, 0.1) is 25.2 Å². The zero-order chi connectivity index (χ0) is 22.2. The van der Waals surface area contributed by atoms with Gasteiger partial charge in [-0.25, -0.2) is 0 Å². The number of aryl methyl sites for hydroxylation is 2. The van der Waals surface area contributed by atoms with Crippen molar-refractivity contribution in [2.45, 2.75) is 46.2 Å². The minimum absolute atomic E-state index is 0.0790. The molecule has 2 N–H and O–H groups in total. The van der Waals surface area contributed by atoms with Gasteiger partial charge in [-0.3, -0.25) is 9.48 Å². The molecule has 0 radical (unpaired) electrons. The van der Waals surface area contributed by atoms with Gasteiger partial charge in [0.05, 0.1) is 35.4 Å². The number of nitriles is 1. The van der Waals surface area contributed by atoms with E-state index in [9.17, 15) is 4.79 Å². The maximum absolute atomic E-state index is 12.5. The van der Waals surface area contributed by atoms with Gasteiger partial charge in [-0.05, 0) is 49.6 Å². The molecule has 0 atom stereocenters. The van der Waals surface area contributed by atoms with Gasteiger partial charge in [0.1, 0.15) is 0 Å². The summed E-state index contributed by atoms with van der Waals surface area (Å²) in [6.07, 6.45) is 1.36. The van der Waals surface area contributed by atoms with Crippen LogP contribution in [0.1, 0.15) is 35.4 Å². The van der Waals surface area contributed by atoms with Gasteiger partial charge in [-0.2, -0.15) is 10.4 Å². The number of hydrogen-bond acceptors (Lipinski definition) is 4. The van der Waals surface area contributed by atoms with Gasteiger partial charge in [-0.1, -0.05) is 41.9 Å². The predicted molar refractivity (Wildman–Crippen MR) is 124 cm³/mol. The first-order chi connectivity index (χ1) is 15.0. The van der Waals surface area contributed by atoms with Crippen molar-refractivity contribution in [3.05, 3.63) is 76.1 Å². The topological polar surface area (TPSA) is 82.7 Å². The number of hydrogen-bond donors (Lipinski definition) is 2. The molecule has 0 aliphatic heterocycles. The molecule has 0 fully saturated rings. The van der Waals surface area contributed by atoms with Crippen molar-refractivity contribution in [2.75, 3.05) is 10.6 Å². The van der Waals surface area contributed by atoms with Crippen LogP contribution in [-0.2, 0) is 24.3 Å². The summed E-state index contributed by atoms with van der Waals surface area (Å²) < 4.78 is 1.84. The minimum Gasteiger partial charge on any atom is -0.380 e. The lowest BCUT2D eigenvalue weighted by molar-refractivity contribution is -0.116. The van der Waals surface area contributed by atoms with E-state index in [1.54, 1.807) is 6.07 Å². The summed E-state index contributed by atoms with van der Waals surface area (Å²) in [5.74, 6) is -0.0790. The Bertz CT molecular complexity index is 1090. The minimum atomic E-state index is -0.0790. The van der Waals surface area contributed by atoms with E-state index in [2.05, 4.69) is 21.8 Å². The number of halogens is 1. The first kappa shape index (κ1) is 22.4. The van der Waals surface area contributed by atoms with Crippen LogP contribution in [-0.4, -0.2) is 15.7 Å². The second-order valence-electron chi connectivity index (χ2n) is 7.36. The third kappa shape index (κ3) is 6.09. The van der Waals surface area contributed by atoms with Gasteiger partial charge in [0.25, 0.3) is 0 Å². The number of benzene rings is 2. The van der Waals surface area contributed by atoms with Crippen LogP contribution in [0.3, 0.4) is 0 Å². The number of nitrogens with zero attached hydrogens (tertiary/aromatic N) is 3. The molecule has 6 nitrogen and oxygen atoms in total. The van der Waals surface area contributed by atoms with Crippen molar-refractivity contribution >= 4 is 28.9 Å². The zero-order valence-corrected chi connectivity index (χ0v) is 18.5. The zero-order valence-electron chi connectivity index (χ0n) is 17.8. The Morgan fingerprint density at radius 3 is 2.68 bits per heavy atom. The molecule has 0 unspecified atom stereocenters. The van der Waals surface area contributed by atoms with Crippen molar-refractivity contribution in [1.29, 1.82) is 5.26 Å². The lowest BCUT2D eigenvalue weighted by Gasteiger charge is -2.11. The van der Waals surface area contributed by atoms with Crippen molar-refractivity contribution in [1.82, 2.24) is 9.78 Å². The lowest BCUT2D eigenvalue weighted by atomic mass is 10.1. The molecule has 0 spiro atoms. The monoisotopic (exact) mass is 435 g/mol. The third-order valence-electron chi connectivity index (χ3n) is 5.15. The van der Waals surface area contributed by atoms with E-state index in [0.717, 1.165) is 28.2 Å². The summed E-state index contributed by atoms with van der Waals surface area (Å²) in [5.41, 5.74) is 5.62. The molecule has 7 heteroatoms. The largest absolute Gasteiger partial charge is 0.380 e. The van der Waals surface area contributed by atoms with Crippen molar-refractivity contribution in [3.8, 4) is 6.07 Å². The Morgan fingerprint density at radius 2 is 1.97 bits per heavy atom. The molecule has 3 rings (SSSR count). The molecular formula is C24H26ClN5O. The van der Waals surface area contributed by atoms with Crippen LogP contribution in [0.15, 0.2) is 48.5 Å². The molecule has 0 aliphatic rings. The van der Waals surface area contributed by atoms with Crippen LogP contribution < -0.4 is 10.6 Å². The Balaban J connectivity index is 1.54. The highest BCUT2D eigenvalue weighted by atomic mass is 35.5. The summed E-state index contributed by atoms with van der Waals surface area (Å²) in [6, 6.07) is 17.7. The Morgan fingerprint density at radius 1 is 1.19 bits per heavy atom. The second-order valence-corrected chi connectivity index (χ2v) is 7.77. The summed E-state index contributed by atoms with van der Waals surface area (Å²) in [4.78, 5) is 12.5. The van der Waals surface area contributed by atoms with Gasteiger partial charge in [-0.15, -0.1) is 0 Å². The van der Waals surface area contributed by atoms with Crippen LogP contribution in [0.4, 0.5) is 11.4 Å². The molecule has 1 amide bonds. The summed E-state index contributed by atoms with van der Waals surface area (Å²) in [5, 5.41) is 20.0. The Labute approximate surface area is 187 Å². The fourth-order valence-electron chi connectivity index (χ4n) is 3.46. The number of rotatable bonds is 9. The van der Waals surface area contributed by atoms with E-state index < -0.39 is 0 Å². The van der Waals surface area contributed by atoms with Crippen LogP contribution >= 0.6 is 11.6 Å². The van der Waals surface area contributed by atoms with Crippen LogP contribution in [0.5, 0.6) is 0 Å². The number of carbonyl (C=O) groups excluding carboxylic acids is 1. The van der Waals surface area contributed by atoms with Crippen LogP contribution in [0.25, 0.3) is 0 Å². The molecule has 0 saturated heterocycles. The lowest BCUT2D eigenvalue weighted by Crippen LogP contribution is -2.13. The number of nitrogens with one attached hydrogen (secondary N) is 2.